The maximum absolute atomic E-state index is 5.52. The predicted molar refractivity (Wildman–Crippen MR) is 55.4 cm³/mol. The molecule has 15 heavy (non-hydrogen) atoms. The van der Waals surface area contributed by atoms with E-state index in [0.717, 1.165) is 30.7 Å². The van der Waals surface area contributed by atoms with Gasteiger partial charge in [0.1, 0.15) is 0 Å². The minimum atomic E-state index is -0.0981. The Hall–Kier alpha value is -1.46. The zero-order chi connectivity index (χ0) is 10.5. The van der Waals surface area contributed by atoms with Crippen LogP contribution in [-0.2, 0) is 4.74 Å². The summed E-state index contributed by atoms with van der Waals surface area (Å²) in [7, 11) is 0. The molecule has 0 bridgehead atoms. The summed E-state index contributed by atoms with van der Waals surface area (Å²) in [6.45, 7) is 0.779. The Bertz CT molecular complexity index is 339. The van der Waals surface area contributed by atoms with E-state index in [1.54, 1.807) is 24.9 Å². The molecule has 0 saturated heterocycles. The molecule has 0 aliphatic carbocycles. The first kappa shape index (κ1) is 10.1. The summed E-state index contributed by atoms with van der Waals surface area (Å²) in [6, 6.07) is -0.0981. The number of hydrogen-bond donors (Lipinski definition) is 2. The Kier molecular flexibility index (Phi) is 3.26. The van der Waals surface area contributed by atoms with E-state index < -0.39 is 0 Å². The summed E-state index contributed by atoms with van der Waals surface area (Å²) in [6.07, 6.45) is 8.77. The van der Waals surface area contributed by atoms with Crippen LogP contribution in [0.3, 0.4) is 0 Å². The summed E-state index contributed by atoms with van der Waals surface area (Å²) in [5.41, 5.74) is 4.67. The van der Waals surface area contributed by atoms with Gasteiger partial charge in [-0.1, -0.05) is 0 Å². The molecule has 1 unspecified atom stereocenters. The van der Waals surface area contributed by atoms with E-state index in [4.69, 9.17) is 10.6 Å². The van der Waals surface area contributed by atoms with Crippen LogP contribution in [0.4, 0.5) is 0 Å². The third-order valence-corrected chi connectivity index (χ3v) is 2.38. The van der Waals surface area contributed by atoms with Gasteiger partial charge in [0.15, 0.2) is 0 Å². The van der Waals surface area contributed by atoms with E-state index in [-0.39, 0.29) is 6.04 Å². The normalized spacial score (nSPS) is 17.8. The third-order valence-electron chi connectivity index (χ3n) is 2.38. The van der Waals surface area contributed by atoms with Crippen molar-refractivity contribution in [3.8, 4) is 0 Å². The molecule has 2 heterocycles. The van der Waals surface area contributed by atoms with Crippen LogP contribution in [0.2, 0.25) is 0 Å². The molecule has 5 heteroatoms. The van der Waals surface area contributed by atoms with Gasteiger partial charge in [0, 0.05) is 12.4 Å². The number of hydrazine groups is 1. The molecule has 0 aromatic carbocycles. The fourth-order valence-corrected chi connectivity index (χ4v) is 1.64. The van der Waals surface area contributed by atoms with E-state index in [0.29, 0.717) is 0 Å². The van der Waals surface area contributed by atoms with Crippen molar-refractivity contribution >= 4 is 0 Å². The first-order chi connectivity index (χ1) is 7.42. The van der Waals surface area contributed by atoms with Crippen LogP contribution < -0.4 is 11.3 Å². The lowest BCUT2D eigenvalue weighted by Gasteiger charge is -2.21. The average Bonchev–Trinajstić information content (AvgIpc) is 2.33. The Morgan fingerprint density at radius 3 is 3.00 bits per heavy atom. The van der Waals surface area contributed by atoms with Crippen molar-refractivity contribution in [1.29, 1.82) is 0 Å². The highest BCUT2D eigenvalue weighted by Crippen LogP contribution is 2.24. The van der Waals surface area contributed by atoms with Crippen molar-refractivity contribution in [2.45, 2.75) is 18.9 Å². The molecule has 0 saturated carbocycles. The van der Waals surface area contributed by atoms with E-state index in [2.05, 4.69) is 15.4 Å². The summed E-state index contributed by atoms with van der Waals surface area (Å²) >= 11 is 0. The highest BCUT2D eigenvalue weighted by molar-refractivity contribution is 5.19. The van der Waals surface area contributed by atoms with E-state index >= 15 is 0 Å². The number of nitrogens with zero attached hydrogens (tertiary/aromatic N) is 2. The molecule has 5 nitrogen and oxygen atoms in total. The number of rotatable bonds is 3. The third kappa shape index (κ3) is 2.31. The molecule has 1 aliphatic rings. The van der Waals surface area contributed by atoms with E-state index in [1.807, 2.05) is 0 Å². The van der Waals surface area contributed by atoms with Gasteiger partial charge in [0.05, 0.1) is 30.8 Å². The second kappa shape index (κ2) is 4.86. The first-order valence-corrected chi connectivity index (χ1v) is 4.94. The molecule has 0 fully saturated rings. The number of aromatic nitrogens is 2. The summed E-state index contributed by atoms with van der Waals surface area (Å²) < 4.78 is 5.28. The van der Waals surface area contributed by atoms with E-state index in [1.165, 1.54) is 0 Å². The lowest BCUT2D eigenvalue weighted by atomic mass is 10.0. The van der Waals surface area contributed by atoms with Gasteiger partial charge in [-0.25, -0.2) is 5.43 Å². The van der Waals surface area contributed by atoms with Gasteiger partial charge in [-0.3, -0.25) is 15.8 Å². The zero-order valence-electron chi connectivity index (χ0n) is 8.39. The van der Waals surface area contributed by atoms with Gasteiger partial charge >= 0.3 is 0 Å². The summed E-state index contributed by atoms with van der Waals surface area (Å²) in [5.74, 6) is 5.52. The van der Waals surface area contributed by atoms with Crippen LogP contribution >= 0.6 is 0 Å². The van der Waals surface area contributed by atoms with Gasteiger partial charge in [-0.2, -0.15) is 0 Å². The maximum atomic E-state index is 5.52. The van der Waals surface area contributed by atoms with Gasteiger partial charge in [-0.15, -0.1) is 0 Å². The second-order valence-electron chi connectivity index (χ2n) is 3.40. The number of hydrogen-bond acceptors (Lipinski definition) is 5. The Morgan fingerprint density at radius 1 is 1.47 bits per heavy atom. The lowest BCUT2D eigenvalue weighted by molar-refractivity contribution is 0.219. The van der Waals surface area contributed by atoms with Gasteiger partial charge in [0.2, 0.25) is 0 Å². The largest absolute Gasteiger partial charge is 0.501 e. The Balaban J connectivity index is 2.20. The SMILES string of the molecule is NNC(C1=COCCC1)c1cnccn1. The van der Waals surface area contributed by atoms with Crippen molar-refractivity contribution in [2.75, 3.05) is 6.61 Å². The first-order valence-electron chi connectivity index (χ1n) is 4.94. The van der Waals surface area contributed by atoms with E-state index in [9.17, 15) is 0 Å². The van der Waals surface area contributed by atoms with Crippen molar-refractivity contribution in [1.82, 2.24) is 15.4 Å². The van der Waals surface area contributed by atoms with Crippen molar-refractivity contribution < 1.29 is 4.74 Å². The Morgan fingerprint density at radius 2 is 2.40 bits per heavy atom. The lowest BCUT2D eigenvalue weighted by Crippen LogP contribution is -2.31. The molecule has 0 amide bonds. The molecule has 2 rings (SSSR count). The van der Waals surface area contributed by atoms with Crippen LogP contribution in [0, 0.1) is 0 Å². The minimum Gasteiger partial charge on any atom is -0.501 e. The monoisotopic (exact) mass is 206 g/mol. The van der Waals surface area contributed by atoms with Crippen molar-refractivity contribution in [3.05, 3.63) is 36.1 Å². The van der Waals surface area contributed by atoms with Crippen LogP contribution in [-0.4, -0.2) is 16.6 Å². The van der Waals surface area contributed by atoms with Gasteiger partial charge in [0.25, 0.3) is 0 Å². The molecule has 0 spiro atoms. The van der Waals surface area contributed by atoms with Crippen LogP contribution in [0.15, 0.2) is 30.4 Å². The topological polar surface area (TPSA) is 73.1 Å². The highest BCUT2D eigenvalue weighted by Gasteiger charge is 2.18. The van der Waals surface area contributed by atoms with Crippen molar-refractivity contribution in [3.63, 3.8) is 0 Å². The molecular formula is C10H14N4O. The molecule has 3 N–H and O–H groups in total. The smallest absolute Gasteiger partial charge is 0.0889 e. The molecule has 1 atom stereocenters. The van der Waals surface area contributed by atoms with Gasteiger partial charge in [-0.05, 0) is 18.4 Å². The zero-order valence-corrected chi connectivity index (χ0v) is 8.39. The van der Waals surface area contributed by atoms with Gasteiger partial charge < -0.3 is 4.74 Å². The van der Waals surface area contributed by atoms with Crippen LogP contribution in [0.25, 0.3) is 0 Å². The quantitative estimate of drug-likeness (QED) is 0.562. The molecule has 1 aliphatic heterocycles. The number of nitrogens with one attached hydrogen (secondary N) is 1. The second-order valence-corrected chi connectivity index (χ2v) is 3.40. The summed E-state index contributed by atoms with van der Waals surface area (Å²) in [4.78, 5) is 8.25. The molecular weight excluding hydrogens is 192 g/mol. The maximum Gasteiger partial charge on any atom is 0.0889 e. The summed E-state index contributed by atoms with van der Waals surface area (Å²) in [5, 5.41) is 0. The van der Waals surface area contributed by atoms with Crippen molar-refractivity contribution in [2.24, 2.45) is 5.84 Å². The number of ether oxygens (including phenoxy) is 1. The average molecular weight is 206 g/mol. The van der Waals surface area contributed by atoms with Crippen LogP contribution in [0.1, 0.15) is 24.6 Å². The van der Waals surface area contributed by atoms with Crippen LogP contribution in [0.5, 0.6) is 0 Å². The fraction of sp³-hybridized carbons (Fsp3) is 0.400. The number of nitrogens with two attached hydrogens (primary N) is 1. The highest BCUT2D eigenvalue weighted by atomic mass is 16.5. The predicted octanol–water partition coefficient (Wildman–Crippen LogP) is 0.675. The minimum absolute atomic E-state index is 0.0981. The fourth-order valence-electron chi connectivity index (χ4n) is 1.64. The molecule has 0 radical (unpaired) electrons. The molecule has 1 aromatic rings. The molecule has 80 valence electrons. The molecule has 1 aromatic heterocycles. The standard InChI is InChI=1S/C10H14N4O/c11-14-10(8-2-1-5-15-7-8)9-6-12-3-4-13-9/h3-4,6-7,10,14H,1-2,5,11H2. The Labute approximate surface area is 88.3 Å².